The molecule has 20 heavy (non-hydrogen) atoms. The molecular formula is C14H18N4OS. The van der Waals surface area contributed by atoms with Gasteiger partial charge in [-0.25, -0.2) is 9.97 Å². The summed E-state index contributed by atoms with van der Waals surface area (Å²) in [6.07, 6.45) is 1.49. The maximum atomic E-state index is 12.3. The van der Waals surface area contributed by atoms with Crippen LogP contribution in [0.4, 0.5) is 5.69 Å². The van der Waals surface area contributed by atoms with Crippen LogP contribution < -0.4 is 11.1 Å². The topological polar surface area (TPSA) is 80.9 Å². The van der Waals surface area contributed by atoms with Crippen molar-refractivity contribution in [3.8, 4) is 0 Å². The smallest absolute Gasteiger partial charge is 0.272 e. The second-order valence-corrected chi connectivity index (χ2v) is 5.72. The zero-order valence-corrected chi connectivity index (χ0v) is 12.6. The van der Waals surface area contributed by atoms with Crippen LogP contribution in [-0.4, -0.2) is 15.9 Å². The van der Waals surface area contributed by atoms with Gasteiger partial charge in [-0.1, -0.05) is 13.8 Å². The molecule has 5 nitrogen and oxygen atoms in total. The summed E-state index contributed by atoms with van der Waals surface area (Å²) in [7, 11) is 0. The summed E-state index contributed by atoms with van der Waals surface area (Å²) in [5.41, 5.74) is 7.41. The predicted octanol–water partition coefficient (Wildman–Crippen LogP) is 2.73. The van der Waals surface area contributed by atoms with Gasteiger partial charge in [0.05, 0.1) is 17.9 Å². The van der Waals surface area contributed by atoms with Gasteiger partial charge in [0.1, 0.15) is 5.82 Å². The minimum Gasteiger partial charge on any atom is -0.396 e. The number of hydrogen-bond acceptors (Lipinski definition) is 5. The highest BCUT2D eigenvalue weighted by atomic mass is 32.1. The number of rotatable bonds is 4. The summed E-state index contributed by atoms with van der Waals surface area (Å²) >= 11 is 1.60. The monoisotopic (exact) mass is 290 g/mol. The number of carbonyl (C=O) groups excluding carboxylic acids is 1. The first kappa shape index (κ1) is 14.5. The molecule has 3 N–H and O–H groups in total. The van der Waals surface area contributed by atoms with Gasteiger partial charge in [0.15, 0.2) is 5.69 Å². The van der Waals surface area contributed by atoms with Crippen molar-refractivity contribution in [1.29, 1.82) is 0 Å². The Hall–Kier alpha value is -1.95. The first-order valence-electron chi connectivity index (χ1n) is 6.44. The molecule has 2 heterocycles. The standard InChI is InChI=1S/C14H18N4OS/c1-8(2)13-16-6-11(15)12(18-13)14(19)17-9(3)10-4-5-20-7-10/h4-9H,15H2,1-3H3,(H,17,19). The molecule has 0 aliphatic heterocycles. The fraction of sp³-hybridized carbons (Fsp3) is 0.357. The van der Waals surface area contributed by atoms with Crippen LogP contribution in [0.3, 0.4) is 0 Å². The Labute approximate surface area is 122 Å². The zero-order chi connectivity index (χ0) is 14.7. The van der Waals surface area contributed by atoms with Crippen LogP contribution >= 0.6 is 11.3 Å². The van der Waals surface area contributed by atoms with E-state index in [1.165, 1.54) is 6.20 Å². The Morgan fingerprint density at radius 1 is 1.40 bits per heavy atom. The summed E-state index contributed by atoms with van der Waals surface area (Å²) in [6.45, 7) is 5.88. The molecule has 0 saturated carbocycles. The number of carbonyl (C=O) groups is 1. The van der Waals surface area contributed by atoms with Gasteiger partial charge in [-0.15, -0.1) is 0 Å². The number of nitrogens with one attached hydrogen (secondary N) is 1. The van der Waals surface area contributed by atoms with Gasteiger partial charge >= 0.3 is 0 Å². The van der Waals surface area contributed by atoms with Crippen LogP contribution in [0.15, 0.2) is 23.0 Å². The van der Waals surface area contributed by atoms with E-state index in [0.717, 1.165) is 5.56 Å². The highest BCUT2D eigenvalue weighted by Gasteiger charge is 2.17. The van der Waals surface area contributed by atoms with Crippen LogP contribution in [0.25, 0.3) is 0 Å². The van der Waals surface area contributed by atoms with E-state index in [1.54, 1.807) is 11.3 Å². The predicted molar refractivity (Wildman–Crippen MR) is 80.7 cm³/mol. The lowest BCUT2D eigenvalue weighted by Crippen LogP contribution is -2.28. The third-order valence-corrected chi connectivity index (χ3v) is 3.66. The molecule has 0 aliphatic carbocycles. The average Bonchev–Trinajstić information content (AvgIpc) is 2.92. The summed E-state index contributed by atoms with van der Waals surface area (Å²) in [5, 5.41) is 6.89. The third kappa shape index (κ3) is 3.14. The lowest BCUT2D eigenvalue weighted by molar-refractivity contribution is 0.0935. The van der Waals surface area contributed by atoms with Crippen LogP contribution in [0.2, 0.25) is 0 Å². The van der Waals surface area contributed by atoms with Crippen molar-refractivity contribution in [3.05, 3.63) is 40.1 Å². The van der Waals surface area contributed by atoms with Crippen molar-refractivity contribution in [2.24, 2.45) is 0 Å². The van der Waals surface area contributed by atoms with Crippen molar-refractivity contribution >= 4 is 22.9 Å². The lowest BCUT2D eigenvalue weighted by atomic mass is 10.1. The van der Waals surface area contributed by atoms with Gasteiger partial charge in [0.2, 0.25) is 0 Å². The van der Waals surface area contributed by atoms with E-state index in [2.05, 4.69) is 15.3 Å². The normalized spacial score (nSPS) is 12.4. The molecule has 6 heteroatoms. The zero-order valence-electron chi connectivity index (χ0n) is 11.8. The van der Waals surface area contributed by atoms with Gasteiger partial charge in [0, 0.05) is 5.92 Å². The summed E-state index contributed by atoms with van der Waals surface area (Å²) < 4.78 is 0. The highest BCUT2D eigenvalue weighted by molar-refractivity contribution is 7.07. The molecule has 2 aromatic heterocycles. The Bertz CT molecular complexity index is 595. The minimum atomic E-state index is -0.273. The number of nitrogen functional groups attached to an aromatic ring is 1. The number of hydrogen-bond donors (Lipinski definition) is 2. The van der Waals surface area contributed by atoms with E-state index in [9.17, 15) is 4.79 Å². The van der Waals surface area contributed by atoms with Crippen molar-refractivity contribution < 1.29 is 4.79 Å². The fourth-order valence-electron chi connectivity index (χ4n) is 1.73. The molecule has 0 aliphatic rings. The maximum absolute atomic E-state index is 12.3. The van der Waals surface area contributed by atoms with E-state index < -0.39 is 0 Å². The molecule has 0 saturated heterocycles. The third-order valence-electron chi connectivity index (χ3n) is 2.96. The SMILES string of the molecule is CC(C)c1ncc(N)c(C(=O)NC(C)c2ccsc2)n1. The maximum Gasteiger partial charge on any atom is 0.272 e. The number of nitrogens with two attached hydrogens (primary N) is 1. The quantitative estimate of drug-likeness (QED) is 0.907. The van der Waals surface area contributed by atoms with E-state index in [0.29, 0.717) is 11.5 Å². The molecule has 1 unspecified atom stereocenters. The molecule has 0 radical (unpaired) electrons. The number of thiophene rings is 1. The van der Waals surface area contributed by atoms with Crippen molar-refractivity contribution in [2.45, 2.75) is 32.7 Å². The van der Waals surface area contributed by atoms with E-state index in [-0.39, 0.29) is 23.6 Å². The Kier molecular flexibility index (Phi) is 4.34. The molecular weight excluding hydrogens is 272 g/mol. The molecule has 2 aromatic rings. The minimum absolute atomic E-state index is 0.0781. The van der Waals surface area contributed by atoms with Crippen LogP contribution in [-0.2, 0) is 0 Å². The molecule has 0 aromatic carbocycles. The van der Waals surface area contributed by atoms with Gasteiger partial charge in [0.25, 0.3) is 5.91 Å². The molecule has 0 spiro atoms. The number of aromatic nitrogens is 2. The molecule has 1 atom stereocenters. The summed E-state index contributed by atoms with van der Waals surface area (Å²) in [5.74, 6) is 0.495. The van der Waals surface area contributed by atoms with Crippen LogP contribution in [0, 0.1) is 0 Å². The molecule has 2 rings (SSSR count). The van der Waals surface area contributed by atoms with E-state index >= 15 is 0 Å². The van der Waals surface area contributed by atoms with Crippen molar-refractivity contribution in [3.63, 3.8) is 0 Å². The Morgan fingerprint density at radius 3 is 2.75 bits per heavy atom. The van der Waals surface area contributed by atoms with Gasteiger partial charge in [-0.3, -0.25) is 4.79 Å². The first-order chi connectivity index (χ1) is 9.49. The Morgan fingerprint density at radius 2 is 2.15 bits per heavy atom. The fourth-order valence-corrected chi connectivity index (χ4v) is 2.49. The number of amides is 1. The van der Waals surface area contributed by atoms with Crippen LogP contribution in [0.5, 0.6) is 0 Å². The largest absolute Gasteiger partial charge is 0.396 e. The van der Waals surface area contributed by atoms with Crippen LogP contribution in [0.1, 0.15) is 54.6 Å². The average molecular weight is 290 g/mol. The Balaban J connectivity index is 2.18. The number of nitrogens with zero attached hydrogens (tertiary/aromatic N) is 2. The van der Waals surface area contributed by atoms with Gasteiger partial charge in [-0.05, 0) is 29.3 Å². The van der Waals surface area contributed by atoms with Gasteiger partial charge < -0.3 is 11.1 Å². The molecule has 1 amide bonds. The van der Waals surface area contributed by atoms with Gasteiger partial charge in [-0.2, -0.15) is 11.3 Å². The van der Waals surface area contributed by atoms with E-state index in [4.69, 9.17) is 5.73 Å². The molecule has 0 fully saturated rings. The summed E-state index contributed by atoms with van der Waals surface area (Å²) in [4.78, 5) is 20.7. The molecule has 0 bridgehead atoms. The first-order valence-corrected chi connectivity index (χ1v) is 7.38. The summed E-state index contributed by atoms with van der Waals surface area (Å²) in [6, 6.07) is 1.91. The molecule has 106 valence electrons. The van der Waals surface area contributed by atoms with Crippen molar-refractivity contribution in [2.75, 3.05) is 5.73 Å². The second-order valence-electron chi connectivity index (χ2n) is 4.94. The second kappa shape index (κ2) is 6.00. The highest BCUT2D eigenvalue weighted by Crippen LogP contribution is 2.18. The van der Waals surface area contributed by atoms with E-state index in [1.807, 2.05) is 37.6 Å². The lowest BCUT2D eigenvalue weighted by Gasteiger charge is -2.14. The number of anilines is 1. The van der Waals surface area contributed by atoms with Crippen molar-refractivity contribution in [1.82, 2.24) is 15.3 Å².